The van der Waals surface area contributed by atoms with Crippen LogP contribution in [0.15, 0.2) is 88.3 Å². The zero-order valence-electron chi connectivity index (χ0n) is 15.7. The Labute approximate surface area is 171 Å². The summed E-state index contributed by atoms with van der Waals surface area (Å²) in [4.78, 5) is 24.9. The van der Waals surface area contributed by atoms with Crippen LogP contribution in [-0.4, -0.2) is 12.6 Å². The van der Waals surface area contributed by atoms with Crippen molar-refractivity contribution < 1.29 is 18.7 Å². The maximum absolute atomic E-state index is 12.8. The molecule has 4 aromatic rings. The van der Waals surface area contributed by atoms with Gasteiger partial charge in [-0.05, 0) is 29.8 Å². The van der Waals surface area contributed by atoms with E-state index >= 15 is 0 Å². The number of esters is 1. The van der Waals surface area contributed by atoms with Crippen LogP contribution in [0.3, 0.4) is 0 Å². The van der Waals surface area contributed by atoms with Crippen LogP contribution in [0.1, 0.15) is 5.56 Å². The number of ether oxygens (including phenoxy) is 2. The third-order valence-electron chi connectivity index (χ3n) is 4.42. The van der Waals surface area contributed by atoms with Gasteiger partial charge in [-0.1, -0.05) is 42.5 Å². The Hall–Kier alpha value is -4.37. The number of para-hydroxylation sites is 1. The highest BCUT2D eigenvalue weighted by atomic mass is 16.6. The summed E-state index contributed by atoms with van der Waals surface area (Å²) in [6.07, 6.45) is 1.40. The number of carbonyl (C=O) groups is 1. The Balaban J connectivity index is 1.51. The molecule has 0 spiro atoms. The van der Waals surface area contributed by atoms with E-state index in [1.807, 2.05) is 36.4 Å². The smallest absolute Gasteiger partial charge is 0.349 e. The summed E-state index contributed by atoms with van der Waals surface area (Å²) in [5, 5.41) is 9.44. The van der Waals surface area contributed by atoms with Crippen molar-refractivity contribution in [2.24, 2.45) is 0 Å². The van der Waals surface area contributed by atoms with Crippen LogP contribution in [0.2, 0.25) is 0 Å². The highest BCUT2D eigenvalue weighted by Gasteiger charge is 2.12. The Bertz CT molecular complexity index is 1320. The van der Waals surface area contributed by atoms with Gasteiger partial charge in [-0.25, -0.2) is 4.79 Å². The first-order valence-electron chi connectivity index (χ1n) is 9.09. The Kier molecular flexibility index (Phi) is 5.27. The molecule has 0 fully saturated rings. The van der Waals surface area contributed by atoms with Crippen molar-refractivity contribution in [1.82, 2.24) is 0 Å². The van der Waals surface area contributed by atoms with E-state index in [0.717, 1.165) is 5.56 Å². The van der Waals surface area contributed by atoms with Crippen LogP contribution >= 0.6 is 0 Å². The van der Waals surface area contributed by atoms with Gasteiger partial charge in [0, 0.05) is 6.07 Å². The van der Waals surface area contributed by atoms with Gasteiger partial charge in [0.1, 0.15) is 29.4 Å². The standard InChI is InChI=1S/C24H15NO5/c25-13-17-8-4-5-9-21(17)29-15-23(26)30-18-10-11-19-22(12-18)28-14-20(24(19)27)16-6-2-1-3-7-16/h1-12,14H,15H2. The largest absolute Gasteiger partial charge is 0.481 e. The van der Waals surface area contributed by atoms with E-state index in [2.05, 4.69) is 0 Å². The number of nitrogens with zero attached hydrogens (tertiary/aromatic N) is 1. The monoisotopic (exact) mass is 397 g/mol. The molecule has 1 aromatic heterocycles. The maximum atomic E-state index is 12.8. The summed E-state index contributed by atoms with van der Waals surface area (Å²) in [5.74, 6) is -0.125. The Morgan fingerprint density at radius 3 is 2.57 bits per heavy atom. The van der Waals surface area contributed by atoms with E-state index in [1.54, 1.807) is 30.3 Å². The highest BCUT2D eigenvalue weighted by molar-refractivity contribution is 5.83. The van der Waals surface area contributed by atoms with E-state index < -0.39 is 5.97 Å². The minimum atomic E-state index is -0.648. The maximum Gasteiger partial charge on any atom is 0.349 e. The van der Waals surface area contributed by atoms with Crippen LogP contribution < -0.4 is 14.9 Å². The molecule has 1 heterocycles. The number of rotatable bonds is 5. The molecule has 0 aliphatic rings. The van der Waals surface area contributed by atoms with E-state index in [9.17, 15) is 9.59 Å². The summed E-state index contributed by atoms with van der Waals surface area (Å²) in [7, 11) is 0. The van der Waals surface area contributed by atoms with Gasteiger partial charge < -0.3 is 13.9 Å². The summed E-state index contributed by atoms with van der Waals surface area (Å²) in [6, 6.07) is 22.4. The van der Waals surface area contributed by atoms with E-state index in [-0.39, 0.29) is 17.8 Å². The lowest BCUT2D eigenvalue weighted by Gasteiger charge is -2.08. The molecule has 0 aliphatic carbocycles. The van der Waals surface area contributed by atoms with Gasteiger partial charge in [-0.15, -0.1) is 0 Å². The first-order valence-corrected chi connectivity index (χ1v) is 9.09. The van der Waals surface area contributed by atoms with Gasteiger partial charge in [-0.3, -0.25) is 4.79 Å². The van der Waals surface area contributed by atoms with Crippen LogP contribution in [0.5, 0.6) is 11.5 Å². The third-order valence-corrected chi connectivity index (χ3v) is 4.42. The van der Waals surface area contributed by atoms with E-state index in [4.69, 9.17) is 19.2 Å². The minimum absolute atomic E-state index is 0.170. The molecule has 0 amide bonds. The summed E-state index contributed by atoms with van der Waals surface area (Å²) < 4.78 is 16.2. The Morgan fingerprint density at radius 1 is 1.00 bits per heavy atom. The topological polar surface area (TPSA) is 89.5 Å². The van der Waals surface area contributed by atoms with Gasteiger partial charge >= 0.3 is 5.97 Å². The Morgan fingerprint density at radius 2 is 1.77 bits per heavy atom. The van der Waals surface area contributed by atoms with Crippen LogP contribution in [0.25, 0.3) is 22.1 Å². The second-order valence-corrected chi connectivity index (χ2v) is 6.37. The van der Waals surface area contributed by atoms with Crippen molar-refractivity contribution in [3.8, 4) is 28.7 Å². The predicted molar refractivity (Wildman–Crippen MR) is 110 cm³/mol. The first kappa shape index (κ1) is 19.0. The van der Waals surface area contributed by atoms with Gasteiger partial charge in [0.05, 0.1) is 16.5 Å². The normalized spacial score (nSPS) is 10.4. The van der Waals surface area contributed by atoms with Gasteiger partial charge in [0.15, 0.2) is 12.0 Å². The van der Waals surface area contributed by atoms with Crippen LogP contribution in [0, 0.1) is 11.3 Å². The van der Waals surface area contributed by atoms with Gasteiger partial charge in [0.25, 0.3) is 0 Å². The second kappa shape index (κ2) is 8.33. The lowest BCUT2D eigenvalue weighted by Crippen LogP contribution is -2.18. The number of hydrogen-bond donors (Lipinski definition) is 0. The lowest BCUT2D eigenvalue weighted by molar-refractivity contribution is -0.136. The predicted octanol–water partition coefficient (Wildman–Crippen LogP) is 4.32. The molecule has 0 saturated heterocycles. The molecule has 0 saturated carbocycles. The van der Waals surface area contributed by atoms with Gasteiger partial charge in [-0.2, -0.15) is 5.26 Å². The summed E-state index contributed by atoms with van der Waals surface area (Å²) in [5.41, 5.74) is 1.68. The molecule has 0 atom stereocenters. The molecule has 0 N–H and O–H groups in total. The molecule has 146 valence electrons. The number of benzene rings is 3. The SMILES string of the molecule is N#Cc1ccccc1OCC(=O)Oc1ccc2c(=O)c(-c3ccccc3)coc2c1. The van der Waals surface area contributed by atoms with Crippen molar-refractivity contribution in [2.75, 3.05) is 6.61 Å². The van der Waals surface area contributed by atoms with E-state index in [0.29, 0.717) is 27.8 Å². The average Bonchev–Trinajstić information content (AvgIpc) is 2.78. The number of hydrogen-bond acceptors (Lipinski definition) is 6. The fraction of sp³-hybridized carbons (Fsp3) is 0.0417. The zero-order chi connectivity index (χ0) is 20.9. The molecular weight excluding hydrogens is 382 g/mol. The molecule has 6 nitrogen and oxygen atoms in total. The second-order valence-electron chi connectivity index (χ2n) is 6.37. The molecular formula is C24H15NO5. The highest BCUT2D eigenvalue weighted by Crippen LogP contribution is 2.23. The average molecular weight is 397 g/mol. The van der Waals surface area contributed by atoms with Crippen LogP contribution in [0.4, 0.5) is 0 Å². The summed E-state index contributed by atoms with van der Waals surface area (Å²) in [6.45, 7) is -0.367. The molecule has 30 heavy (non-hydrogen) atoms. The minimum Gasteiger partial charge on any atom is -0.481 e. The van der Waals surface area contributed by atoms with Gasteiger partial charge in [0.2, 0.25) is 0 Å². The lowest BCUT2D eigenvalue weighted by atomic mass is 10.1. The summed E-state index contributed by atoms with van der Waals surface area (Å²) >= 11 is 0. The zero-order valence-corrected chi connectivity index (χ0v) is 15.7. The van der Waals surface area contributed by atoms with Crippen molar-refractivity contribution >= 4 is 16.9 Å². The molecule has 3 aromatic carbocycles. The molecule has 0 unspecified atom stereocenters. The van der Waals surface area contributed by atoms with E-state index in [1.165, 1.54) is 18.4 Å². The quantitative estimate of drug-likeness (QED) is 0.368. The molecule has 6 heteroatoms. The molecule has 0 bridgehead atoms. The number of nitriles is 1. The van der Waals surface area contributed by atoms with Crippen LogP contribution in [-0.2, 0) is 4.79 Å². The molecule has 4 rings (SSSR count). The molecule has 0 aliphatic heterocycles. The fourth-order valence-corrected chi connectivity index (χ4v) is 2.97. The van der Waals surface area contributed by atoms with Crippen molar-refractivity contribution in [1.29, 1.82) is 5.26 Å². The number of fused-ring (bicyclic) bond motifs is 1. The fourth-order valence-electron chi connectivity index (χ4n) is 2.97. The first-order chi connectivity index (χ1) is 14.7. The number of carbonyl (C=O) groups excluding carboxylic acids is 1. The van der Waals surface area contributed by atoms with Crippen molar-refractivity contribution in [3.63, 3.8) is 0 Å². The third kappa shape index (κ3) is 3.91. The van der Waals surface area contributed by atoms with Crippen molar-refractivity contribution in [3.05, 3.63) is 94.8 Å². The van der Waals surface area contributed by atoms with Crippen molar-refractivity contribution in [2.45, 2.75) is 0 Å². The molecule has 0 radical (unpaired) electrons.